The Morgan fingerprint density at radius 3 is 2.76 bits per heavy atom. The standard InChI is InChI=1S/C13H22N4/c1-9-6-11(7-17(9)12-4-5-12)14-13-8-16(3)15-10(13)2/h8-9,11-12,14H,4-7H2,1-3H3. The van der Waals surface area contributed by atoms with Gasteiger partial charge in [-0.3, -0.25) is 9.58 Å². The fourth-order valence-electron chi connectivity index (χ4n) is 3.04. The predicted molar refractivity (Wildman–Crippen MR) is 69.2 cm³/mol. The number of nitrogens with zero attached hydrogens (tertiary/aromatic N) is 3. The molecule has 0 aromatic carbocycles. The summed E-state index contributed by atoms with van der Waals surface area (Å²) in [5.74, 6) is 0. The molecule has 1 saturated carbocycles. The molecule has 4 heteroatoms. The zero-order valence-corrected chi connectivity index (χ0v) is 11.0. The highest BCUT2D eigenvalue weighted by atomic mass is 15.3. The van der Waals surface area contributed by atoms with Gasteiger partial charge in [0, 0.05) is 37.9 Å². The van der Waals surface area contributed by atoms with Crippen molar-refractivity contribution in [3.8, 4) is 0 Å². The second kappa shape index (κ2) is 4.02. The van der Waals surface area contributed by atoms with Crippen molar-refractivity contribution in [2.24, 2.45) is 7.05 Å². The normalized spacial score (nSPS) is 29.8. The number of nitrogens with one attached hydrogen (secondary N) is 1. The second-order valence-corrected chi connectivity index (χ2v) is 5.66. The maximum atomic E-state index is 4.38. The Labute approximate surface area is 103 Å². The first-order chi connectivity index (χ1) is 8.13. The van der Waals surface area contributed by atoms with Crippen LogP contribution in [0.5, 0.6) is 0 Å². The Kier molecular flexibility index (Phi) is 2.62. The summed E-state index contributed by atoms with van der Waals surface area (Å²) < 4.78 is 1.88. The SMILES string of the molecule is Cc1nn(C)cc1NC1CC(C)N(C2CC2)C1. The third-order valence-electron chi connectivity index (χ3n) is 4.01. The van der Waals surface area contributed by atoms with Gasteiger partial charge in [-0.25, -0.2) is 0 Å². The molecule has 0 amide bonds. The molecule has 2 atom stereocenters. The first-order valence-corrected chi connectivity index (χ1v) is 6.66. The molecule has 1 aromatic rings. The monoisotopic (exact) mass is 234 g/mol. The zero-order valence-electron chi connectivity index (χ0n) is 11.0. The maximum absolute atomic E-state index is 4.38. The average Bonchev–Trinajstić information content (AvgIpc) is 2.96. The van der Waals surface area contributed by atoms with Crippen LogP contribution in [-0.4, -0.2) is 39.4 Å². The summed E-state index contributed by atoms with van der Waals surface area (Å²) in [5, 5.41) is 8.03. The van der Waals surface area contributed by atoms with Crippen LogP contribution in [0.1, 0.15) is 31.9 Å². The number of hydrogen-bond acceptors (Lipinski definition) is 3. The van der Waals surface area contributed by atoms with Crippen LogP contribution < -0.4 is 5.32 Å². The molecule has 0 radical (unpaired) electrons. The summed E-state index contributed by atoms with van der Waals surface area (Å²) in [4.78, 5) is 2.67. The molecule has 17 heavy (non-hydrogen) atoms. The fourth-order valence-corrected chi connectivity index (χ4v) is 3.04. The predicted octanol–water partition coefficient (Wildman–Crippen LogP) is 1.77. The van der Waals surface area contributed by atoms with E-state index in [9.17, 15) is 0 Å². The van der Waals surface area contributed by atoms with Crippen molar-refractivity contribution in [1.29, 1.82) is 0 Å². The summed E-state index contributed by atoms with van der Waals surface area (Å²) in [6, 6.07) is 2.21. The molecule has 2 aliphatic rings. The van der Waals surface area contributed by atoms with Crippen molar-refractivity contribution < 1.29 is 0 Å². The van der Waals surface area contributed by atoms with E-state index >= 15 is 0 Å². The second-order valence-electron chi connectivity index (χ2n) is 5.66. The van der Waals surface area contributed by atoms with Gasteiger partial charge in [0.05, 0.1) is 11.4 Å². The molecule has 1 aliphatic heterocycles. The molecule has 1 aliphatic carbocycles. The quantitative estimate of drug-likeness (QED) is 0.865. The van der Waals surface area contributed by atoms with E-state index < -0.39 is 0 Å². The molecule has 4 nitrogen and oxygen atoms in total. The summed E-state index contributed by atoms with van der Waals surface area (Å²) in [5.41, 5.74) is 2.30. The van der Waals surface area contributed by atoms with Crippen LogP contribution in [0, 0.1) is 6.92 Å². The first kappa shape index (κ1) is 11.1. The minimum absolute atomic E-state index is 0.591. The van der Waals surface area contributed by atoms with Gasteiger partial charge in [-0.1, -0.05) is 0 Å². The fraction of sp³-hybridized carbons (Fsp3) is 0.769. The number of aryl methyl sites for hydroxylation is 2. The first-order valence-electron chi connectivity index (χ1n) is 6.66. The van der Waals surface area contributed by atoms with Crippen LogP contribution in [-0.2, 0) is 7.05 Å². The van der Waals surface area contributed by atoms with Crippen molar-refractivity contribution in [3.05, 3.63) is 11.9 Å². The van der Waals surface area contributed by atoms with Crippen LogP contribution in [0.25, 0.3) is 0 Å². The Hall–Kier alpha value is -1.03. The van der Waals surface area contributed by atoms with Crippen LogP contribution in [0.3, 0.4) is 0 Å². The number of anilines is 1. The Morgan fingerprint density at radius 2 is 2.18 bits per heavy atom. The van der Waals surface area contributed by atoms with Crippen LogP contribution >= 0.6 is 0 Å². The highest BCUT2D eigenvalue weighted by molar-refractivity contribution is 5.46. The smallest absolute Gasteiger partial charge is 0.0825 e. The van der Waals surface area contributed by atoms with Crippen molar-refractivity contribution >= 4 is 5.69 Å². The molecule has 3 rings (SSSR count). The van der Waals surface area contributed by atoms with Crippen molar-refractivity contribution in [3.63, 3.8) is 0 Å². The van der Waals surface area contributed by atoms with Crippen LogP contribution in [0.2, 0.25) is 0 Å². The summed E-state index contributed by atoms with van der Waals surface area (Å²) in [6.45, 7) is 5.62. The van der Waals surface area contributed by atoms with Crippen LogP contribution in [0.4, 0.5) is 5.69 Å². The molecule has 2 unspecified atom stereocenters. The van der Waals surface area contributed by atoms with Crippen LogP contribution in [0.15, 0.2) is 6.20 Å². The molecule has 0 spiro atoms. The summed E-state index contributed by atoms with van der Waals surface area (Å²) in [6.07, 6.45) is 6.15. The van der Waals surface area contributed by atoms with Gasteiger partial charge in [0.1, 0.15) is 0 Å². The maximum Gasteiger partial charge on any atom is 0.0825 e. The Bertz CT molecular complexity index is 408. The third kappa shape index (κ3) is 2.18. The van der Waals surface area contributed by atoms with E-state index in [1.54, 1.807) is 0 Å². The lowest BCUT2D eigenvalue weighted by atomic mass is 10.2. The minimum Gasteiger partial charge on any atom is -0.378 e. The lowest BCUT2D eigenvalue weighted by Gasteiger charge is -2.19. The number of hydrogen-bond donors (Lipinski definition) is 1. The topological polar surface area (TPSA) is 33.1 Å². The highest BCUT2D eigenvalue weighted by Crippen LogP contribution is 2.34. The Morgan fingerprint density at radius 1 is 1.41 bits per heavy atom. The van der Waals surface area contributed by atoms with Gasteiger partial charge in [-0.2, -0.15) is 5.10 Å². The molecule has 94 valence electrons. The third-order valence-corrected chi connectivity index (χ3v) is 4.01. The van der Waals surface area contributed by atoms with Gasteiger partial charge < -0.3 is 5.32 Å². The molecule has 1 saturated heterocycles. The lowest BCUT2D eigenvalue weighted by Crippen LogP contribution is -2.31. The van der Waals surface area contributed by atoms with E-state index in [1.807, 2.05) is 11.7 Å². The molecule has 1 aromatic heterocycles. The molecule has 2 fully saturated rings. The van der Waals surface area contributed by atoms with E-state index in [4.69, 9.17) is 0 Å². The summed E-state index contributed by atoms with van der Waals surface area (Å²) in [7, 11) is 1.98. The molecule has 1 N–H and O–H groups in total. The van der Waals surface area contributed by atoms with E-state index in [-0.39, 0.29) is 0 Å². The zero-order chi connectivity index (χ0) is 12.0. The lowest BCUT2D eigenvalue weighted by molar-refractivity contribution is 0.257. The van der Waals surface area contributed by atoms with Gasteiger partial charge in [0.2, 0.25) is 0 Å². The van der Waals surface area contributed by atoms with Crippen molar-refractivity contribution in [2.75, 3.05) is 11.9 Å². The largest absolute Gasteiger partial charge is 0.378 e. The minimum atomic E-state index is 0.591. The molecule has 2 heterocycles. The highest BCUT2D eigenvalue weighted by Gasteiger charge is 2.38. The van der Waals surface area contributed by atoms with E-state index in [1.165, 1.54) is 31.5 Å². The molecular formula is C13H22N4. The number of aromatic nitrogens is 2. The van der Waals surface area contributed by atoms with Gasteiger partial charge in [0.15, 0.2) is 0 Å². The van der Waals surface area contributed by atoms with Gasteiger partial charge in [-0.15, -0.1) is 0 Å². The molecule has 0 bridgehead atoms. The Balaban J connectivity index is 1.64. The van der Waals surface area contributed by atoms with E-state index in [0.717, 1.165) is 17.8 Å². The van der Waals surface area contributed by atoms with Gasteiger partial charge in [-0.05, 0) is 33.1 Å². The number of likely N-dealkylation sites (tertiary alicyclic amines) is 1. The van der Waals surface area contributed by atoms with Crippen molar-refractivity contribution in [2.45, 2.75) is 51.2 Å². The average molecular weight is 234 g/mol. The molecular weight excluding hydrogens is 212 g/mol. The van der Waals surface area contributed by atoms with Gasteiger partial charge >= 0.3 is 0 Å². The van der Waals surface area contributed by atoms with E-state index in [2.05, 4.69) is 35.4 Å². The van der Waals surface area contributed by atoms with Crippen molar-refractivity contribution in [1.82, 2.24) is 14.7 Å². The summed E-state index contributed by atoms with van der Waals surface area (Å²) >= 11 is 0. The van der Waals surface area contributed by atoms with Gasteiger partial charge in [0.25, 0.3) is 0 Å². The number of rotatable bonds is 3. The van der Waals surface area contributed by atoms with E-state index in [0.29, 0.717) is 6.04 Å².